The Bertz CT molecular complexity index is 1030. The van der Waals surface area contributed by atoms with Gasteiger partial charge in [0.2, 0.25) is 0 Å². The maximum atomic E-state index is 12.3. The summed E-state index contributed by atoms with van der Waals surface area (Å²) in [5.41, 5.74) is 5.97. The van der Waals surface area contributed by atoms with Gasteiger partial charge in [-0.05, 0) is 18.2 Å². The third-order valence-corrected chi connectivity index (χ3v) is 4.88. The lowest BCUT2D eigenvalue weighted by atomic mass is 10.2. The van der Waals surface area contributed by atoms with E-state index in [4.69, 9.17) is 11.6 Å². The van der Waals surface area contributed by atoms with Crippen molar-refractivity contribution in [2.45, 2.75) is 0 Å². The van der Waals surface area contributed by atoms with Crippen LogP contribution in [0.25, 0.3) is 15.7 Å². The zero-order valence-electron chi connectivity index (χ0n) is 11.5. The Kier molecular flexibility index (Phi) is 3.32. The van der Waals surface area contributed by atoms with E-state index in [-0.39, 0.29) is 5.91 Å². The molecule has 0 unspecified atom stereocenters. The molecule has 114 valence electrons. The van der Waals surface area contributed by atoms with Crippen molar-refractivity contribution in [3.8, 4) is 0 Å². The number of amides is 1. The largest absolute Gasteiger partial charge is 0.281 e. The molecule has 3 aromatic heterocycles. The minimum atomic E-state index is -0.318. The molecule has 4 aromatic rings. The summed E-state index contributed by atoms with van der Waals surface area (Å²) in [4.78, 5) is 12.8. The number of hydrazine groups is 1. The molecule has 4 rings (SSSR count). The highest BCUT2D eigenvalue weighted by atomic mass is 35.5. The third kappa shape index (κ3) is 2.47. The molecule has 0 spiro atoms. The summed E-state index contributed by atoms with van der Waals surface area (Å²) >= 11 is 7.62. The first kappa shape index (κ1) is 13.9. The fourth-order valence-corrected chi connectivity index (χ4v) is 3.55. The van der Waals surface area contributed by atoms with Crippen LogP contribution in [0.5, 0.6) is 0 Å². The Morgan fingerprint density at radius 2 is 2.09 bits per heavy atom. The maximum Gasteiger partial charge on any atom is 0.281 e. The van der Waals surface area contributed by atoms with Crippen LogP contribution in [-0.4, -0.2) is 25.7 Å². The van der Waals surface area contributed by atoms with E-state index < -0.39 is 0 Å². The van der Waals surface area contributed by atoms with Crippen molar-refractivity contribution in [2.24, 2.45) is 0 Å². The number of hydrogen-bond donors (Lipinski definition) is 2. The van der Waals surface area contributed by atoms with E-state index in [0.29, 0.717) is 21.4 Å². The molecular formula is C14H9ClN6OS. The summed E-state index contributed by atoms with van der Waals surface area (Å²) in [6, 6.07) is 11.0. The van der Waals surface area contributed by atoms with Crippen molar-refractivity contribution in [2.75, 3.05) is 5.43 Å². The second-order valence-corrected chi connectivity index (χ2v) is 6.10. The molecule has 0 aliphatic rings. The number of fused-ring (bicyclic) bond motifs is 2. The Morgan fingerprint density at radius 1 is 1.22 bits per heavy atom. The van der Waals surface area contributed by atoms with Crippen LogP contribution in [0, 0.1) is 0 Å². The van der Waals surface area contributed by atoms with Gasteiger partial charge in [0.05, 0.1) is 5.02 Å². The number of nitrogens with one attached hydrogen (secondary N) is 2. The van der Waals surface area contributed by atoms with Crippen molar-refractivity contribution in [1.29, 1.82) is 0 Å². The molecule has 0 aliphatic heterocycles. The average molecular weight is 345 g/mol. The minimum Gasteiger partial charge on any atom is -0.280 e. The van der Waals surface area contributed by atoms with Gasteiger partial charge in [0.1, 0.15) is 11.2 Å². The van der Waals surface area contributed by atoms with E-state index in [1.54, 1.807) is 12.1 Å². The molecule has 23 heavy (non-hydrogen) atoms. The van der Waals surface area contributed by atoms with Gasteiger partial charge in [0.25, 0.3) is 5.91 Å². The Balaban J connectivity index is 1.55. The molecule has 1 amide bonds. The van der Waals surface area contributed by atoms with Crippen molar-refractivity contribution in [3.05, 3.63) is 52.6 Å². The minimum absolute atomic E-state index is 0.318. The van der Waals surface area contributed by atoms with Gasteiger partial charge < -0.3 is 0 Å². The predicted octanol–water partition coefficient (Wildman–Crippen LogP) is 2.75. The first-order chi connectivity index (χ1) is 11.2. The van der Waals surface area contributed by atoms with Gasteiger partial charge in [-0.1, -0.05) is 29.8 Å². The normalized spacial score (nSPS) is 11.0. The summed E-state index contributed by atoms with van der Waals surface area (Å²) in [6.07, 6.45) is 1.48. The van der Waals surface area contributed by atoms with Crippen LogP contribution in [0.2, 0.25) is 5.02 Å². The van der Waals surface area contributed by atoms with Crippen molar-refractivity contribution < 1.29 is 4.79 Å². The molecule has 0 bridgehead atoms. The fourth-order valence-electron chi connectivity index (χ4n) is 2.13. The average Bonchev–Trinajstić information content (AvgIpc) is 3.17. The molecule has 0 radical (unpaired) electrons. The van der Waals surface area contributed by atoms with E-state index in [1.165, 1.54) is 22.2 Å². The number of thiophene rings is 1. The van der Waals surface area contributed by atoms with E-state index in [2.05, 4.69) is 26.1 Å². The van der Waals surface area contributed by atoms with E-state index in [1.807, 2.05) is 24.3 Å². The number of carbonyl (C=O) groups excluding carboxylic acids is 1. The highest BCUT2D eigenvalue weighted by Gasteiger charge is 2.16. The number of hydrogen-bond acceptors (Lipinski definition) is 6. The number of anilines is 1. The first-order valence-electron chi connectivity index (χ1n) is 6.63. The van der Waals surface area contributed by atoms with Crippen LogP contribution in [-0.2, 0) is 0 Å². The predicted molar refractivity (Wildman–Crippen MR) is 88.7 cm³/mol. The van der Waals surface area contributed by atoms with Crippen molar-refractivity contribution in [3.63, 3.8) is 0 Å². The summed E-state index contributed by atoms with van der Waals surface area (Å²) in [6.45, 7) is 0. The van der Waals surface area contributed by atoms with E-state index >= 15 is 0 Å². The van der Waals surface area contributed by atoms with Gasteiger partial charge in [0.15, 0.2) is 11.5 Å². The van der Waals surface area contributed by atoms with Gasteiger partial charge in [-0.3, -0.25) is 15.6 Å². The zero-order chi connectivity index (χ0) is 15.8. The van der Waals surface area contributed by atoms with Gasteiger partial charge in [-0.15, -0.1) is 26.6 Å². The number of nitrogens with zero attached hydrogens (tertiary/aromatic N) is 4. The van der Waals surface area contributed by atoms with Gasteiger partial charge in [-0.25, -0.2) is 0 Å². The topological polar surface area (TPSA) is 84.2 Å². The molecule has 0 saturated carbocycles. The third-order valence-electron chi connectivity index (χ3n) is 3.21. The maximum absolute atomic E-state index is 12.3. The van der Waals surface area contributed by atoms with Crippen LogP contribution in [0.15, 0.2) is 42.7 Å². The quantitative estimate of drug-likeness (QED) is 0.558. The van der Waals surface area contributed by atoms with Crippen LogP contribution in [0.4, 0.5) is 5.82 Å². The SMILES string of the molecule is O=C(NNc1ccc2nncn2n1)c1sc2ccccc2c1Cl. The molecule has 2 N–H and O–H groups in total. The zero-order valence-corrected chi connectivity index (χ0v) is 13.1. The summed E-state index contributed by atoms with van der Waals surface area (Å²) in [7, 11) is 0. The Hall–Kier alpha value is -2.71. The number of benzene rings is 1. The smallest absolute Gasteiger partial charge is 0.280 e. The fraction of sp³-hybridized carbons (Fsp3) is 0. The lowest BCUT2D eigenvalue weighted by molar-refractivity contribution is 0.0966. The lowest BCUT2D eigenvalue weighted by Crippen LogP contribution is -2.29. The molecule has 3 heterocycles. The van der Waals surface area contributed by atoms with Crippen LogP contribution in [0.3, 0.4) is 0 Å². The molecule has 0 saturated heterocycles. The Labute approximate surface area is 138 Å². The van der Waals surface area contributed by atoms with Crippen LogP contribution in [0.1, 0.15) is 9.67 Å². The highest BCUT2D eigenvalue weighted by Crippen LogP contribution is 2.34. The molecule has 7 nitrogen and oxygen atoms in total. The second-order valence-electron chi connectivity index (χ2n) is 4.67. The Morgan fingerprint density at radius 3 is 2.96 bits per heavy atom. The molecule has 0 fully saturated rings. The van der Waals surface area contributed by atoms with Crippen LogP contribution >= 0.6 is 22.9 Å². The summed E-state index contributed by atoms with van der Waals surface area (Å²) in [5.74, 6) is 0.143. The number of aromatic nitrogens is 4. The summed E-state index contributed by atoms with van der Waals surface area (Å²) in [5, 5.41) is 13.1. The number of halogens is 1. The number of rotatable bonds is 3. The van der Waals surface area contributed by atoms with Gasteiger partial charge in [-0.2, -0.15) is 4.52 Å². The number of carbonyl (C=O) groups is 1. The van der Waals surface area contributed by atoms with Gasteiger partial charge in [0, 0.05) is 10.1 Å². The first-order valence-corrected chi connectivity index (χ1v) is 7.82. The monoisotopic (exact) mass is 344 g/mol. The highest BCUT2D eigenvalue weighted by molar-refractivity contribution is 7.21. The molecular weight excluding hydrogens is 336 g/mol. The van der Waals surface area contributed by atoms with E-state index in [0.717, 1.165) is 10.1 Å². The van der Waals surface area contributed by atoms with Crippen molar-refractivity contribution >= 4 is 50.4 Å². The second kappa shape index (κ2) is 5.49. The van der Waals surface area contributed by atoms with Gasteiger partial charge >= 0.3 is 0 Å². The molecule has 0 atom stereocenters. The standard InChI is InChI=1S/C14H9ClN6OS/c15-12-8-3-1-2-4-9(8)23-13(12)14(22)19-17-10-5-6-11-18-16-7-21(11)20-10/h1-7H,(H,17,20)(H,19,22). The lowest BCUT2D eigenvalue weighted by Gasteiger charge is -2.06. The van der Waals surface area contributed by atoms with E-state index in [9.17, 15) is 4.79 Å². The van der Waals surface area contributed by atoms with Crippen molar-refractivity contribution in [1.82, 2.24) is 25.2 Å². The molecule has 1 aromatic carbocycles. The van der Waals surface area contributed by atoms with Crippen LogP contribution < -0.4 is 10.9 Å². The molecule has 0 aliphatic carbocycles. The summed E-state index contributed by atoms with van der Waals surface area (Å²) < 4.78 is 2.47. The molecule has 9 heteroatoms.